The number of carbonyl (C=O) groups excluding carboxylic acids is 1. The van der Waals surface area contributed by atoms with Crippen LogP contribution in [0, 0.1) is 11.3 Å². The molecule has 0 saturated carbocycles. The van der Waals surface area contributed by atoms with Gasteiger partial charge in [-0.3, -0.25) is 4.79 Å². The van der Waals surface area contributed by atoms with Crippen molar-refractivity contribution >= 4 is 21.6 Å². The highest BCUT2D eigenvalue weighted by atomic mass is 32.2. The molecule has 2 aromatic carbocycles. The number of alkyl halides is 3. The van der Waals surface area contributed by atoms with E-state index in [9.17, 15) is 31.6 Å². The number of piperazine rings is 1. The van der Waals surface area contributed by atoms with Crippen molar-refractivity contribution in [3.8, 4) is 6.07 Å². The fraction of sp³-hybridized carbons (Fsp3) is 0.364. The monoisotopic (exact) mass is 478 g/mol. The van der Waals surface area contributed by atoms with Gasteiger partial charge in [-0.05, 0) is 41.8 Å². The summed E-state index contributed by atoms with van der Waals surface area (Å²) in [6.45, 7) is 0.864. The lowest BCUT2D eigenvalue weighted by atomic mass is 10.00. The van der Waals surface area contributed by atoms with Crippen LogP contribution in [0.5, 0.6) is 0 Å². The third-order valence-corrected chi connectivity index (χ3v) is 7.86. The van der Waals surface area contributed by atoms with Gasteiger partial charge in [0.1, 0.15) is 6.07 Å². The van der Waals surface area contributed by atoms with Gasteiger partial charge in [0.15, 0.2) is 0 Å². The molecular weight excluding hydrogens is 457 g/mol. The molecule has 0 atom stereocenters. The first-order valence-corrected chi connectivity index (χ1v) is 11.8. The molecule has 2 aliphatic rings. The molecule has 1 amide bonds. The number of nitriles is 1. The summed E-state index contributed by atoms with van der Waals surface area (Å²) in [5.74, 6) is -1.92. The van der Waals surface area contributed by atoms with Crippen molar-refractivity contribution < 1.29 is 26.4 Å². The molecule has 0 aromatic heterocycles. The Bertz CT molecular complexity index is 1220. The van der Waals surface area contributed by atoms with Gasteiger partial charge in [0.05, 0.1) is 16.1 Å². The van der Waals surface area contributed by atoms with E-state index < -0.39 is 22.1 Å². The van der Waals surface area contributed by atoms with Gasteiger partial charge < -0.3 is 9.80 Å². The number of sulfonamides is 1. The second-order valence-electron chi connectivity index (χ2n) is 7.93. The van der Waals surface area contributed by atoms with Crippen molar-refractivity contribution in [1.29, 1.82) is 5.26 Å². The molecule has 11 heteroatoms. The first kappa shape index (κ1) is 23.1. The Labute approximate surface area is 189 Å². The molecule has 4 rings (SSSR count). The van der Waals surface area contributed by atoms with Gasteiger partial charge >= 0.3 is 12.1 Å². The number of benzene rings is 2. The van der Waals surface area contributed by atoms with Crippen molar-refractivity contribution in [2.45, 2.75) is 24.0 Å². The maximum absolute atomic E-state index is 13.2. The largest absolute Gasteiger partial charge is 0.471 e. The van der Waals surface area contributed by atoms with E-state index in [1.807, 2.05) is 17.0 Å². The molecule has 0 N–H and O–H groups in total. The van der Waals surface area contributed by atoms with E-state index in [0.29, 0.717) is 29.1 Å². The molecule has 0 aliphatic carbocycles. The molecule has 174 valence electrons. The van der Waals surface area contributed by atoms with E-state index in [1.54, 1.807) is 18.2 Å². The molecule has 2 heterocycles. The molecule has 1 saturated heterocycles. The second-order valence-corrected chi connectivity index (χ2v) is 9.86. The number of nitrogens with zero attached hydrogens (tertiary/aromatic N) is 4. The van der Waals surface area contributed by atoms with E-state index in [4.69, 9.17) is 0 Å². The maximum atomic E-state index is 13.2. The number of para-hydroxylation sites is 1. The fourth-order valence-electron chi connectivity index (χ4n) is 4.21. The van der Waals surface area contributed by atoms with Crippen LogP contribution in [0.1, 0.15) is 16.7 Å². The minimum absolute atomic E-state index is 0.00608. The number of anilines is 1. The summed E-state index contributed by atoms with van der Waals surface area (Å²) in [7, 11) is -3.87. The van der Waals surface area contributed by atoms with E-state index in [0.717, 1.165) is 11.3 Å². The first-order valence-electron chi connectivity index (χ1n) is 10.3. The molecule has 7 nitrogen and oxygen atoms in total. The standard InChI is InChI=1S/C22H21F3N4O3S/c23-22(24,25)21(30)28-8-7-16-5-6-19(13-18(16)15-28)33(31,32)29-11-9-27(10-12-29)20-4-2-1-3-17(20)14-26/h1-6,13H,7-12,15H2. The smallest absolute Gasteiger partial charge is 0.368 e. The average Bonchev–Trinajstić information content (AvgIpc) is 2.82. The van der Waals surface area contributed by atoms with Crippen molar-refractivity contribution in [3.05, 3.63) is 59.2 Å². The molecule has 2 aliphatic heterocycles. The van der Waals surface area contributed by atoms with Gasteiger partial charge in [0.25, 0.3) is 0 Å². The van der Waals surface area contributed by atoms with Crippen molar-refractivity contribution in [1.82, 2.24) is 9.21 Å². The molecule has 33 heavy (non-hydrogen) atoms. The van der Waals surface area contributed by atoms with Crippen molar-refractivity contribution in [2.24, 2.45) is 0 Å². The number of halogens is 3. The lowest BCUT2D eigenvalue weighted by molar-refractivity contribution is -0.186. The van der Waals surface area contributed by atoms with Crippen LogP contribution in [0.15, 0.2) is 47.4 Å². The lowest BCUT2D eigenvalue weighted by Gasteiger charge is -2.36. The van der Waals surface area contributed by atoms with E-state index in [-0.39, 0.29) is 37.5 Å². The third kappa shape index (κ3) is 4.54. The Balaban J connectivity index is 1.50. The molecular formula is C22H21F3N4O3S. The molecule has 2 aromatic rings. The molecule has 0 unspecified atom stereocenters. The lowest BCUT2D eigenvalue weighted by Crippen LogP contribution is -2.49. The average molecular weight is 478 g/mol. The Hall–Kier alpha value is -3.10. The minimum Gasteiger partial charge on any atom is -0.368 e. The van der Waals surface area contributed by atoms with Crippen LogP contribution in [-0.2, 0) is 27.8 Å². The zero-order valence-electron chi connectivity index (χ0n) is 17.5. The first-order chi connectivity index (χ1) is 15.6. The Morgan fingerprint density at radius 1 is 0.970 bits per heavy atom. The number of hydrogen-bond donors (Lipinski definition) is 0. The Morgan fingerprint density at radius 3 is 2.33 bits per heavy atom. The zero-order chi connectivity index (χ0) is 23.8. The number of rotatable bonds is 3. The van der Waals surface area contributed by atoms with Crippen LogP contribution < -0.4 is 4.90 Å². The maximum Gasteiger partial charge on any atom is 0.471 e. The Morgan fingerprint density at radius 2 is 1.67 bits per heavy atom. The van der Waals surface area contributed by atoms with Crippen LogP contribution in [0.3, 0.4) is 0 Å². The minimum atomic E-state index is -4.97. The van der Waals surface area contributed by atoms with Crippen LogP contribution >= 0.6 is 0 Å². The predicted octanol–water partition coefficient (Wildman–Crippen LogP) is 2.52. The summed E-state index contributed by atoms with van der Waals surface area (Å²) in [5, 5.41) is 9.30. The summed E-state index contributed by atoms with van der Waals surface area (Å²) in [4.78, 5) is 14.3. The predicted molar refractivity (Wildman–Crippen MR) is 114 cm³/mol. The number of carbonyl (C=O) groups is 1. The van der Waals surface area contributed by atoms with Crippen LogP contribution in [0.4, 0.5) is 18.9 Å². The molecule has 1 fully saturated rings. The topological polar surface area (TPSA) is 84.7 Å². The molecule has 0 bridgehead atoms. The summed E-state index contributed by atoms with van der Waals surface area (Å²) < 4.78 is 66.2. The van der Waals surface area contributed by atoms with Gasteiger partial charge in [-0.25, -0.2) is 8.42 Å². The molecule has 0 radical (unpaired) electrons. The van der Waals surface area contributed by atoms with Crippen molar-refractivity contribution in [2.75, 3.05) is 37.6 Å². The molecule has 0 spiro atoms. The second kappa shape index (κ2) is 8.68. The normalized spacial score (nSPS) is 17.4. The van der Waals surface area contributed by atoms with Gasteiger partial charge in [-0.15, -0.1) is 0 Å². The van der Waals surface area contributed by atoms with Crippen molar-refractivity contribution in [3.63, 3.8) is 0 Å². The van der Waals surface area contributed by atoms with Crippen LogP contribution in [0.25, 0.3) is 0 Å². The summed E-state index contributed by atoms with van der Waals surface area (Å²) in [6.07, 6.45) is -4.74. The third-order valence-electron chi connectivity index (χ3n) is 5.96. The van der Waals surface area contributed by atoms with Gasteiger partial charge in [0, 0.05) is 39.3 Å². The van der Waals surface area contributed by atoms with Crippen LogP contribution in [-0.4, -0.2) is 62.4 Å². The number of amides is 1. The van der Waals surface area contributed by atoms with E-state index in [2.05, 4.69) is 6.07 Å². The number of fused-ring (bicyclic) bond motifs is 1. The van der Waals surface area contributed by atoms with Gasteiger partial charge in [0.2, 0.25) is 10.0 Å². The highest BCUT2D eigenvalue weighted by molar-refractivity contribution is 7.89. The van der Waals surface area contributed by atoms with Gasteiger partial charge in [-0.2, -0.15) is 22.7 Å². The van der Waals surface area contributed by atoms with E-state index >= 15 is 0 Å². The fourth-order valence-corrected chi connectivity index (χ4v) is 5.68. The summed E-state index contributed by atoms with van der Waals surface area (Å²) >= 11 is 0. The SMILES string of the molecule is N#Cc1ccccc1N1CCN(S(=O)(=O)c2ccc3c(c2)CN(C(=O)C(F)(F)F)CC3)CC1. The van der Waals surface area contributed by atoms with Gasteiger partial charge in [-0.1, -0.05) is 18.2 Å². The highest BCUT2D eigenvalue weighted by Crippen LogP contribution is 2.29. The highest BCUT2D eigenvalue weighted by Gasteiger charge is 2.43. The zero-order valence-corrected chi connectivity index (χ0v) is 18.4. The quantitative estimate of drug-likeness (QED) is 0.677. The number of hydrogen-bond acceptors (Lipinski definition) is 5. The summed E-state index contributed by atoms with van der Waals surface area (Å²) in [5.41, 5.74) is 2.40. The Kier molecular flexibility index (Phi) is 6.07. The van der Waals surface area contributed by atoms with Crippen LogP contribution in [0.2, 0.25) is 0 Å². The summed E-state index contributed by atoms with van der Waals surface area (Å²) in [6, 6.07) is 13.7. The van der Waals surface area contributed by atoms with E-state index in [1.165, 1.54) is 16.4 Å².